The molecule has 1 N–H and O–H groups in total. The molecule has 4 heteroatoms. The number of hydroxylamine groups is 1. The largest absolute Gasteiger partial charge is 0.300 e. The van der Waals surface area contributed by atoms with E-state index in [2.05, 4.69) is 22.5 Å². The van der Waals surface area contributed by atoms with Gasteiger partial charge in [-0.25, -0.2) is 0 Å². The fraction of sp³-hybridized carbons (Fsp3) is 0.500. The van der Waals surface area contributed by atoms with Crippen LogP contribution in [0.5, 0.6) is 0 Å². The summed E-state index contributed by atoms with van der Waals surface area (Å²) in [5.74, 6) is 0. The Morgan fingerprint density at radius 1 is 2.00 bits per heavy atom. The lowest BCUT2D eigenvalue weighted by Crippen LogP contribution is -2.11. The molecule has 1 rings (SSSR count). The van der Waals surface area contributed by atoms with E-state index in [9.17, 15) is 4.79 Å². The lowest BCUT2D eigenvalue weighted by Gasteiger charge is -1.91. The normalized spacial score (nSPS) is 27.5. The van der Waals surface area contributed by atoms with Crippen LogP contribution in [0.1, 0.15) is 6.42 Å². The first-order valence-electron chi connectivity index (χ1n) is 2.22. The smallest absolute Gasteiger partial charge is 0.151 e. The van der Waals surface area contributed by atoms with Crippen LogP contribution in [0.2, 0.25) is 0 Å². The van der Waals surface area contributed by atoms with Gasteiger partial charge in [-0.05, 0) is 0 Å². The van der Waals surface area contributed by atoms with Crippen molar-refractivity contribution in [1.82, 2.24) is 5.48 Å². The van der Waals surface area contributed by atoms with Gasteiger partial charge in [0.15, 0.2) is 6.29 Å². The van der Waals surface area contributed by atoms with Gasteiger partial charge in [-0.1, -0.05) is 12.2 Å². The molecule has 0 saturated carbocycles. The van der Waals surface area contributed by atoms with E-state index < -0.39 is 0 Å². The first-order valence-corrected chi connectivity index (χ1v) is 2.63. The van der Waals surface area contributed by atoms with Gasteiger partial charge in [0.1, 0.15) is 11.1 Å². The molecular weight excluding hydrogens is 126 g/mol. The van der Waals surface area contributed by atoms with E-state index in [0.717, 1.165) is 6.29 Å². The van der Waals surface area contributed by atoms with E-state index in [1.807, 2.05) is 0 Å². The molecule has 0 amide bonds. The molecule has 0 bridgehead atoms. The summed E-state index contributed by atoms with van der Waals surface area (Å²) >= 11 is 4.67. The highest BCUT2D eigenvalue weighted by Crippen LogP contribution is 2.01. The van der Waals surface area contributed by atoms with E-state index in [-0.39, 0.29) is 6.10 Å². The maximum absolute atomic E-state index is 9.93. The van der Waals surface area contributed by atoms with Gasteiger partial charge in [-0.3, -0.25) is 10.3 Å². The lowest BCUT2D eigenvalue weighted by atomic mass is 10.3. The third kappa shape index (κ3) is 1.02. The first-order chi connectivity index (χ1) is 3.83. The molecule has 0 aromatic carbocycles. The summed E-state index contributed by atoms with van der Waals surface area (Å²) in [5, 5.41) is 0. The van der Waals surface area contributed by atoms with Gasteiger partial charge in [0.05, 0.1) is 0 Å². The fourth-order valence-corrected chi connectivity index (χ4v) is 0.696. The molecule has 1 atom stereocenters. The minimum Gasteiger partial charge on any atom is -0.300 e. The van der Waals surface area contributed by atoms with Crippen molar-refractivity contribution < 1.29 is 9.63 Å². The Bertz CT molecular complexity index is 125. The predicted molar refractivity (Wildman–Crippen MR) is 31.3 cm³/mol. The number of nitrogens with one attached hydrogen (secondary N) is 1. The molecule has 0 spiro atoms. The van der Waals surface area contributed by atoms with Crippen molar-refractivity contribution in [3.05, 3.63) is 0 Å². The third-order valence-corrected chi connectivity index (χ3v) is 1.11. The molecule has 1 heterocycles. The van der Waals surface area contributed by atoms with E-state index in [1.54, 1.807) is 0 Å². The number of thiocarbonyl (C=S) groups is 1. The zero-order valence-corrected chi connectivity index (χ0v) is 4.90. The first kappa shape index (κ1) is 5.65. The zero-order chi connectivity index (χ0) is 5.98. The van der Waals surface area contributed by atoms with Crippen molar-refractivity contribution in [3.63, 3.8) is 0 Å². The quantitative estimate of drug-likeness (QED) is 0.395. The lowest BCUT2D eigenvalue weighted by molar-refractivity contribution is -0.117. The SMILES string of the molecule is O=CC1CC(=S)NO1. The van der Waals surface area contributed by atoms with Gasteiger partial charge < -0.3 is 4.79 Å². The monoisotopic (exact) mass is 131 g/mol. The molecule has 3 nitrogen and oxygen atoms in total. The minimum absolute atomic E-state index is 0.359. The van der Waals surface area contributed by atoms with E-state index in [0.29, 0.717) is 11.4 Å². The maximum Gasteiger partial charge on any atom is 0.151 e. The van der Waals surface area contributed by atoms with Gasteiger partial charge in [0, 0.05) is 6.42 Å². The number of hydrogen-bond donors (Lipinski definition) is 1. The minimum atomic E-state index is -0.359. The van der Waals surface area contributed by atoms with Crippen LogP contribution >= 0.6 is 12.2 Å². The Labute approximate surface area is 52.0 Å². The standard InChI is InChI=1S/C4H5NO2S/c6-2-3-1-4(8)5-7-3/h2-3H,1H2,(H,5,8). The topological polar surface area (TPSA) is 38.3 Å². The zero-order valence-electron chi connectivity index (χ0n) is 4.09. The van der Waals surface area contributed by atoms with Crippen LogP contribution in [0.4, 0.5) is 0 Å². The van der Waals surface area contributed by atoms with Crippen LogP contribution < -0.4 is 5.48 Å². The Hall–Kier alpha value is -0.480. The summed E-state index contributed by atoms with van der Waals surface area (Å²) in [7, 11) is 0. The molecule has 0 aromatic rings. The fourth-order valence-electron chi connectivity index (χ4n) is 0.483. The number of rotatable bonds is 1. The maximum atomic E-state index is 9.93. The Morgan fingerprint density at radius 3 is 3.00 bits per heavy atom. The van der Waals surface area contributed by atoms with Crippen LogP contribution in [0.3, 0.4) is 0 Å². The molecule has 1 fully saturated rings. The molecule has 8 heavy (non-hydrogen) atoms. The predicted octanol–water partition coefficient (Wildman–Crippen LogP) is -0.194. The Morgan fingerprint density at radius 2 is 2.75 bits per heavy atom. The molecule has 0 aromatic heterocycles. The number of carbonyl (C=O) groups is 1. The molecular formula is C4H5NO2S. The van der Waals surface area contributed by atoms with Crippen molar-refractivity contribution in [2.45, 2.75) is 12.5 Å². The van der Waals surface area contributed by atoms with Gasteiger partial charge in [0.2, 0.25) is 0 Å². The highest BCUT2D eigenvalue weighted by atomic mass is 32.1. The molecule has 0 radical (unpaired) electrons. The third-order valence-electron chi connectivity index (χ3n) is 0.862. The summed E-state index contributed by atoms with van der Waals surface area (Å²) in [6, 6.07) is 0. The van der Waals surface area contributed by atoms with E-state index in [1.165, 1.54) is 0 Å². The summed E-state index contributed by atoms with van der Waals surface area (Å²) in [4.78, 5) is 15.2. The van der Waals surface area contributed by atoms with Crippen molar-refractivity contribution >= 4 is 23.5 Å². The second-order valence-electron chi connectivity index (χ2n) is 1.52. The number of hydrogen-bond acceptors (Lipinski definition) is 3. The Kier molecular flexibility index (Phi) is 1.55. The van der Waals surface area contributed by atoms with E-state index >= 15 is 0 Å². The van der Waals surface area contributed by atoms with Gasteiger partial charge in [-0.2, -0.15) is 0 Å². The summed E-state index contributed by atoms with van der Waals surface area (Å²) in [6.07, 6.45) is 0.896. The van der Waals surface area contributed by atoms with Crippen molar-refractivity contribution in [3.8, 4) is 0 Å². The molecule has 1 unspecified atom stereocenters. The van der Waals surface area contributed by atoms with Gasteiger partial charge in [0.25, 0.3) is 0 Å². The molecule has 44 valence electrons. The van der Waals surface area contributed by atoms with Crippen LogP contribution in [-0.4, -0.2) is 17.4 Å². The van der Waals surface area contributed by atoms with Crippen LogP contribution in [-0.2, 0) is 9.63 Å². The van der Waals surface area contributed by atoms with Crippen molar-refractivity contribution in [2.75, 3.05) is 0 Å². The molecule has 0 aliphatic carbocycles. The average molecular weight is 131 g/mol. The number of aldehydes is 1. The van der Waals surface area contributed by atoms with Crippen molar-refractivity contribution in [1.29, 1.82) is 0 Å². The molecule has 1 aliphatic rings. The second-order valence-corrected chi connectivity index (χ2v) is 2.01. The number of carbonyl (C=O) groups excluding carboxylic acids is 1. The summed E-state index contributed by atoms with van der Waals surface area (Å²) in [5.41, 5.74) is 2.42. The highest BCUT2D eigenvalue weighted by Gasteiger charge is 2.17. The summed E-state index contributed by atoms with van der Waals surface area (Å²) in [6.45, 7) is 0. The van der Waals surface area contributed by atoms with Crippen LogP contribution in [0.15, 0.2) is 0 Å². The second kappa shape index (κ2) is 2.19. The summed E-state index contributed by atoms with van der Waals surface area (Å²) < 4.78 is 0. The van der Waals surface area contributed by atoms with Crippen LogP contribution in [0.25, 0.3) is 0 Å². The van der Waals surface area contributed by atoms with Gasteiger partial charge >= 0.3 is 0 Å². The van der Waals surface area contributed by atoms with E-state index in [4.69, 9.17) is 0 Å². The molecule has 1 saturated heterocycles. The van der Waals surface area contributed by atoms with Crippen LogP contribution in [0, 0.1) is 0 Å². The van der Waals surface area contributed by atoms with Crippen molar-refractivity contribution in [2.24, 2.45) is 0 Å². The van der Waals surface area contributed by atoms with Gasteiger partial charge in [-0.15, -0.1) is 0 Å². The average Bonchev–Trinajstić information content (AvgIpc) is 2.14. The highest BCUT2D eigenvalue weighted by molar-refractivity contribution is 7.80. The molecule has 1 aliphatic heterocycles. The Balaban J connectivity index is 2.43.